The van der Waals surface area contributed by atoms with Crippen LogP contribution in [0.3, 0.4) is 0 Å². The molecule has 2 atom stereocenters. The molecule has 3 aliphatic rings. The summed E-state index contributed by atoms with van der Waals surface area (Å²) in [5.41, 5.74) is -0.0761. The van der Waals surface area contributed by atoms with Crippen molar-refractivity contribution in [1.29, 1.82) is 0 Å². The topological polar surface area (TPSA) is 125 Å². The van der Waals surface area contributed by atoms with Crippen LogP contribution in [0.4, 0.5) is 4.79 Å². The molecule has 25 heavy (non-hydrogen) atoms. The summed E-state index contributed by atoms with van der Waals surface area (Å²) in [4.78, 5) is 26.0. The molecular formula is C14H23N3O7S. The van der Waals surface area contributed by atoms with Crippen LogP contribution in [0.2, 0.25) is 0 Å². The number of piperidine rings is 2. The molecule has 2 bridgehead atoms. The number of ether oxygens (including phenoxy) is 1. The van der Waals surface area contributed by atoms with E-state index in [1.54, 1.807) is 0 Å². The Balaban J connectivity index is 1.60. The molecule has 0 spiro atoms. The van der Waals surface area contributed by atoms with Crippen molar-refractivity contribution in [3.63, 3.8) is 0 Å². The summed E-state index contributed by atoms with van der Waals surface area (Å²) in [7, 11) is -4.79. The molecule has 0 unspecified atom stereocenters. The van der Waals surface area contributed by atoms with E-state index in [1.807, 2.05) is 0 Å². The molecular weight excluding hydrogens is 354 g/mol. The second kappa shape index (κ2) is 6.71. The van der Waals surface area contributed by atoms with Crippen LogP contribution in [-0.4, -0.2) is 73.3 Å². The van der Waals surface area contributed by atoms with E-state index in [-0.39, 0.29) is 12.0 Å². The number of carbonyl (C=O) groups excluding carboxylic acids is 2. The van der Waals surface area contributed by atoms with Crippen LogP contribution in [0, 0.1) is 5.41 Å². The molecule has 11 heteroatoms. The highest BCUT2D eigenvalue weighted by Gasteiger charge is 2.50. The van der Waals surface area contributed by atoms with Crippen LogP contribution < -0.4 is 5.32 Å². The first-order valence-corrected chi connectivity index (χ1v) is 9.69. The first kappa shape index (κ1) is 18.4. The Morgan fingerprint density at radius 1 is 1.36 bits per heavy atom. The fraction of sp³-hybridized carbons (Fsp3) is 0.857. The van der Waals surface area contributed by atoms with Gasteiger partial charge in [-0.15, -0.1) is 4.28 Å². The predicted molar refractivity (Wildman–Crippen MR) is 84.6 cm³/mol. The van der Waals surface area contributed by atoms with Crippen molar-refractivity contribution in [2.75, 3.05) is 26.2 Å². The summed E-state index contributed by atoms with van der Waals surface area (Å²) >= 11 is 0. The maximum atomic E-state index is 12.4. The molecule has 2 amide bonds. The van der Waals surface area contributed by atoms with E-state index >= 15 is 0 Å². The van der Waals surface area contributed by atoms with Gasteiger partial charge in [-0.2, -0.15) is 13.5 Å². The zero-order valence-electron chi connectivity index (χ0n) is 14.0. The van der Waals surface area contributed by atoms with Crippen molar-refractivity contribution in [3.8, 4) is 0 Å². The number of hydroxylamine groups is 2. The van der Waals surface area contributed by atoms with Crippen LogP contribution in [0.1, 0.15) is 32.6 Å². The monoisotopic (exact) mass is 377 g/mol. The molecule has 3 heterocycles. The van der Waals surface area contributed by atoms with Gasteiger partial charge in [0.15, 0.2) is 0 Å². The second-order valence-electron chi connectivity index (χ2n) is 7.18. The number of hydrogen-bond donors (Lipinski definition) is 2. The van der Waals surface area contributed by atoms with Gasteiger partial charge in [-0.3, -0.25) is 4.55 Å². The second-order valence-corrected chi connectivity index (χ2v) is 8.18. The Bertz CT molecular complexity index is 647. The average molecular weight is 377 g/mol. The summed E-state index contributed by atoms with van der Waals surface area (Å²) < 4.78 is 40.3. The number of nitrogens with zero attached hydrogens (tertiary/aromatic N) is 2. The molecule has 0 radical (unpaired) electrons. The highest BCUT2D eigenvalue weighted by atomic mass is 32.3. The van der Waals surface area contributed by atoms with E-state index in [2.05, 4.69) is 16.5 Å². The van der Waals surface area contributed by atoms with Gasteiger partial charge in [-0.05, 0) is 38.8 Å². The molecule has 0 aromatic heterocycles. The van der Waals surface area contributed by atoms with Gasteiger partial charge in [-0.25, -0.2) is 9.59 Å². The minimum Gasteiger partial charge on any atom is -0.464 e. The number of nitrogens with one attached hydrogen (secondary N) is 1. The van der Waals surface area contributed by atoms with Crippen LogP contribution in [0.5, 0.6) is 0 Å². The number of esters is 1. The number of rotatable bonds is 5. The van der Waals surface area contributed by atoms with Gasteiger partial charge in [0.2, 0.25) is 0 Å². The molecule has 0 aliphatic carbocycles. The number of hydrogen-bond acceptors (Lipinski definition) is 7. The van der Waals surface area contributed by atoms with E-state index < -0.39 is 34.5 Å². The van der Waals surface area contributed by atoms with Crippen molar-refractivity contribution in [3.05, 3.63) is 0 Å². The molecule has 0 aromatic carbocycles. The van der Waals surface area contributed by atoms with Crippen LogP contribution in [0.15, 0.2) is 0 Å². The lowest BCUT2D eigenvalue weighted by atomic mass is 9.82. The largest absolute Gasteiger partial charge is 0.464 e. The van der Waals surface area contributed by atoms with E-state index in [0.29, 0.717) is 24.5 Å². The lowest BCUT2D eigenvalue weighted by Crippen LogP contribution is -2.47. The smallest absolute Gasteiger partial charge is 0.418 e. The normalized spacial score (nSPS) is 29.0. The van der Waals surface area contributed by atoms with E-state index in [9.17, 15) is 18.0 Å². The fourth-order valence-corrected chi connectivity index (χ4v) is 3.98. The Hall–Kier alpha value is -1.43. The molecule has 142 valence electrons. The maximum Gasteiger partial charge on any atom is 0.418 e. The lowest BCUT2D eigenvalue weighted by Gasteiger charge is -2.35. The molecule has 10 nitrogen and oxygen atoms in total. The fourth-order valence-electron chi connectivity index (χ4n) is 3.59. The molecule has 0 saturated carbocycles. The number of fused-ring (bicyclic) bond motifs is 2. The van der Waals surface area contributed by atoms with Crippen molar-refractivity contribution < 1.29 is 31.6 Å². The first-order chi connectivity index (χ1) is 11.7. The summed E-state index contributed by atoms with van der Waals surface area (Å²) in [6.45, 7) is 4.29. The third-order valence-electron chi connectivity index (χ3n) is 5.14. The van der Waals surface area contributed by atoms with E-state index in [1.165, 1.54) is 4.90 Å². The van der Waals surface area contributed by atoms with Gasteiger partial charge in [-0.1, -0.05) is 6.92 Å². The quantitative estimate of drug-likeness (QED) is 0.503. The predicted octanol–water partition coefficient (Wildman–Crippen LogP) is -0.0777. The summed E-state index contributed by atoms with van der Waals surface area (Å²) in [5, 5.41) is 3.88. The highest BCUT2D eigenvalue weighted by molar-refractivity contribution is 7.80. The molecule has 3 saturated heterocycles. The van der Waals surface area contributed by atoms with Gasteiger partial charge in [0.1, 0.15) is 6.04 Å². The van der Waals surface area contributed by atoms with E-state index in [4.69, 9.17) is 9.29 Å². The van der Waals surface area contributed by atoms with E-state index in [0.717, 1.165) is 25.9 Å². The third-order valence-corrected chi connectivity index (χ3v) is 5.49. The first-order valence-electron chi connectivity index (χ1n) is 8.33. The Morgan fingerprint density at radius 2 is 2.04 bits per heavy atom. The summed E-state index contributed by atoms with van der Waals surface area (Å²) in [6, 6.07) is -2.03. The highest BCUT2D eigenvalue weighted by Crippen LogP contribution is 2.32. The third kappa shape index (κ3) is 4.05. The summed E-state index contributed by atoms with van der Waals surface area (Å²) in [5.74, 6) is -0.486. The Morgan fingerprint density at radius 3 is 2.68 bits per heavy atom. The van der Waals surface area contributed by atoms with Gasteiger partial charge >= 0.3 is 22.4 Å². The number of amides is 2. The van der Waals surface area contributed by atoms with Crippen LogP contribution >= 0.6 is 0 Å². The lowest BCUT2D eigenvalue weighted by molar-refractivity contribution is -0.153. The SMILES string of the molecule is CC1(COC(=O)[C@@H]2CC[C@@H]3CN2C(=O)N3OS(=O)(=O)O)CCNCC1. The maximum absolute atomic E-state index is 12.4. The molecule has 0 aromatic rings. The van der Waals surface area contributed by atoms with Gasteiger partial charge in [0.05, 0.1) is 12.6 Å². The standard InChI is InChI=1S/C14H23N3O7S/c1-14(4-6-15-7-5-14)9-23-12(18)11-3-2-10-8-16(11)13(19)17(10)24-25(20,21)22/h10-11,15H,2-9H2,1H3,(H,20,21,22)/t10-,11+/m1/s1. The minimum absolute atomic E-state index is 0.0761. The Labute approximate surface area is 146 Å². The molecule has 3 fully saturated rings. The van der Waals surface area contributed by atoms with Gasteiger partial charge < -0.3 is 15.0 Å². The zero-order valence-corrected chi connectivity index (χ0v) is 14.8. The average Bonchev–Trinajstić information content (AvgIpc) is 2.77. The van der Waals surface area contributed by atoms with Crippen molar-refractivity contribution in [2.24, 2.45) is 5.41 Å². The number of carbonyl (C=O) groups is 2. The van der Waals surface area contributed by atoms with Crippen LogP contribution in [-0.2, 0) is 24.2 Å². The van der Waals surface area contributed by atoms with Gasteiger partial charge in [0.25, 0.3) is 0 Å². The summed E-state index contributed by atoms with van der Waals surface area (Å²) in [6.07, 6.45) is 2.56. The van der Waals surface area contributed by atoms with Crippen molar-refractivity contribution in [1.82, 2.24) is 15.3 Å². The molecule has 3 aliphatic heterocycles. The number of urea groups is 1. The zero-order chi connectivity index (χ0) is 18.2. The van der Waals surface area contributed by atoms with Crippen LogP contribution in [0.25, 0.3) is 0 Å². The molecule has 3 rings (SSSR count). The molecule has 2 N–H and O–H groups in total. The minimum atomic E-state index is -4.79. The van der Waals surface area contributed by atoms with Crippen molar-refractivity contribution >= 4 is 22.4 Å². The Kier molecular flexibility index (Phi) is 4.93. The van der Waals surface area contributed by atoms with Gasteiger partial charge in [0, 0.05) is 12.0 Å². The van der Waals surface area contributed by atoms with Crippen molar-refractivity contribution in [2.45, 2.75) is 44.7 Å².